The van der Waals surface area contributed by atoms with Gasteiger partial charge in [0.1, 0.15) is 0 Å². The maximum Gasteiger partial charge on any atom is 0.416 e. The maximum atomic E-state index is 12.6. The Kier molecular flexibility index (Phi) is 3.45. The minimum atomic E-state index is -4.33. The fourth-order valence-corrected chi connectivity index (χ4v) is 1.99. The van der Waals surface area contributed by atoms with E-state index < -0.39 is 11.7 Å². The van der Waals surface area contributed by atoms with Crippen LogP contribution in [0.2, 0.25) is 5.02 Å². The minimum Gasteiger partial charge on any atom is -0.398 e. The van der Waals surface area contributed by atoms with Gasteiger partial charge < -0.3 is 5.73 Å². The zero-order valence-electron chi connectivity index (χ0n) is 10.1. The second-order valence-corrected chi connectivity index (χ2v) is 4.67. The smallest absolute Gasteiger partial charge is 0.398 e. The van der Waals surface area contributed by atoms with Gasteiger partial charge in [-0.25, -0.2) is 0 Å². The molecule has 19 heavy (non-hydrogen) atoms. The quantitative estimate of drug-likeness (QED) is 0.740. The van der Waals surface area contributed by atoms with Crippen LogP contribution in [-0.4, -0.2) is 0 Å². The monoisotopic (exact) mass is 285 g/mol. The summed E-state index contributed by atoms with van der Waals surface area (Å²) in [4.78, 5) is 0. The Bertz CT molecular complexity index is 621. The number of nitrogen functional groups attached to an aromatic ring is 1. The van der Waals surface area contributed by atoms with Crippen molar-refractivity contribution in [2.45, 2.75) is 13.1 Å². The number of alkyl halides is 3. The lowest BCUT2D eigenvalue weighted by Gasteiger charge is -2.12. The summed E-state index contributed by atoms with van der Waals surface area (Å²) in [5, 5.41) is 0.424. The van der Waals surface area contributed by atoms with E-state index in [1.54, 1.807) is 25.1 Å². The van der Waals surface area contributed by atoms with Gasteiger partial charge in [-0.15, -0.1) is 0 Å². The van der Waals surface area contributed by atoms with Gasteiger partial charge in [0.25, 0.3) is 0 Å². The summed E-state index contributed by atoms with van der Waals surface area (Å²) < 4.78 is 37.7. The number of halogens is 4. The molecule has 5 heteroatoms. The SMILES string of the molecule is Cc1cc(C(F)(F)F)ccc1-c1ccc(Cl)c(N)c1. The Hall–Kier alpha value is -1.68. The molecule has 2 aromatic carbocycles. The number of anilines is 1. The Balaban J connectivity index is 2.49. The average Bonchev–Trinajstić information content (AvgIpc) is 2.31. The molecule has 0 saturated heterocycles. The summed E-state index contributed by atoms with van der Waals surface area (Å²) in [6.45, 7) is 1.63. The molecule has 0 unspecified atom stereocenters. The van der Waals surface area contributed by atoms with Gasteiger partial charge in [0.05, 0.1) is 16.3 Å². The molecular formula is C14H11ClF3N. The van der Waals surface area contributed by atoms with Crippen LogP contribution in [0.15, 0.2) is 36.4 Å². The van der Waals surface area contributed by atoms with E-state index in [2.05, 4.69) is 0 Å². The van der Waals surface area contributed by atoms with Crippen molar-refractivity contribution in [3.63, 3.8) is 0 Å². The van der Waals surface area contributed by atoms with Crippen molar-refractivity contribution in [3.8, 4) is 11.1 Å². The minimum absolute atomic E-state index is 0.401. The zero-order valence-corrected chi connectivity index (χ0v) is 10.8. The topological polar surface area (TPSA) is 26.0 Å². The molecule has 0 spiro atoms. The third-order valence-electron chi connectivity index (χ3n) is 2.86. The summed E-state index contributed by atoms with van der Waals surface area (Å²) in [6.07, 6.45) is -4.33. The Morgan fingerprint density at radius 2 is 1.74 bits per heavy atom. The van der Waals surface area contributed by atoms with Crippen LogP contribution in [0.25, 0.3) is 11.1 Å². The van der Waals surface area contributed by atoms with Gasteiger partial charge in [0, 0.05) is 0 Å². The van der Waals surface area contributed by atoms with Crippen LogP contribution in [0.3, 0.4) is 0 Å². The molecule has 0 atom stereocenters. The van der Waals surface area contributed by atoms with Crippen LogP contribution in [-0.2, 0) is 6.18 Å². The second-order valence-electron chi connectivity index (χ2n) is 4.26. The Morgan fingerprint density at radius 1 is 1.05 bits per heavy atom. The van der Waals surface area contributed by atoms with E-state index in [4.69, 9.17) is 17.3 Å². The molecule has 0 aromatic heterocycles. The van der Waals surface area contributed by atoms with E-state index in [0.717, 1.165) is 17.7 Å². The molecule has 0 radical (unpaired) electrons. The lowest BCUT2D eigenvalue weighted by molar-refractivity contribution is -0.137. The van der Waals surface area contributed by atoms with E-state index in [9.17, 15) is 13.2 Å². The molecule has 2 rings (SSSR count). The molecule has 100 valence electrons. The van der Waals surface area contributed by atoms with Gasteiger partial charge in [0.15, 0.2) is 0 Å². The summed E-state index contributed by atoms with van der Waals surface area (Å²) in [6, 6.07) is 8.64. The van der Waals surface area contributed by atoms with Crippen LogP contribution in [0.5, 0.6) is 0 Å². The van der Waals surface area contributed by atoms with Crippen LogP contribution >= 0.6 is 11.6 Å². The number of rotatable bonds is 1. The first-order valence-electron chi connectivity index (χ1n) is 5.52. The van der Waals surface area contributed by atoms with Crippen molar-refractivity contribution in [2.75, 3.05) is 5.73 Å². The molecule has 0 aliphatic rings. The Morgan fingerprint density at radius 3 is 2.26 bits per heavy atom. The van der Waals surface area contributed by atoms with Crippen molar-refractivity contribution in [1.29, 1.82) is 0 Å². The van der Waals surface area contributed by atoms with Crippen LogP contribution < -0.4 is 5.73 Å². The standard InChI is InChI=1S/C14H11ClF3N/c1-8-6-10(14(16,17)18)3-4-11(8)9-2-5-12(15)13(19)7-9/h2-7H,19H2,1H3. The lowest BCUT2D eigenvalue weighted by Crippen LogP contribution is -2.05. The number of hydrogen-bond donors (Lipinski definition) is 1. The number of benzene rings is 2. The largest absolute Gasteiger partial charge is 0.416 e. The van der Waals surface area contributed by atoms with Gasteiger partial charge in [-0.05, 0) is 47.9 Å². The first-order valence-corrected chi connectivity index (χ1v) is 5.90. The van der Waals surface area contributed by atoms with E-state index in [-0.39, 0.29) is 0 Å². The number of nitrogens with two attached hydrogens (primary N) is 1. The molecule has 0 aliphatic carbocycles. The molecular weight excluding hydrogens is 275 g/mol. The third-order valence-corrected chi connectivity index (χ3v) is 3.20. The molecule has 0 saturated carbocycles. The molecule has 0 heterocycles. The fraction of sp³-hybridized carbons (Fsp3) is 0.143. The predicted octanol–water partition coefficient (Wildman–Crippen LogP) is 4.92. The normalized spacial score (nSPS) is 11.6. The summed E-state index contributed by atoms with van der Waals surface area (Å²) in [5.74, 6) is 0. The van der Waals surface area contributed by atoms with Gasteiger partial charge in [0.2, 0.25) is 0 Å². The van der Waals surface area contributed by atoms with Crippen molar-refractivity contribution < 1.29 is 13.2 Å². The number of hydrogen-bond acceptors (Lipinski definition) is 1. The summed E-state index contributed by atoms with van der Waals surface area (Å²) >= 11 is 5.82. The molecule has 1 nitrogen and oxygen atoms in total. The van der Waals surface area contributed by atoms with E-state index >= 15 is 0 Å². The molecule has 2 N–H and O–H groups in total. The van der Waals surface area contributed by atoms with E-state index in [1.807, 2.05) is 0 Å². The van der Waals surface area contributed by atoms with Gasteiger partial charge in [-0.2, -0.15) is 13.2 Å². The fourth-order valence-electron chi connectivity index (χ4n) is 1.88. The van der Waals surface area contributed by atoms with Crippen molar-refractivity contribution >= 4 is 17.3 Å². The van der Waals surface area contributed by atoms with Gasteiger partial charge in [-0.3, -0.25) is 0 Å². The lowest BCUT2D eigenvalue weighted by atomic mass is 9.98. The summed E-state index contributed by atoms with van der Waals surface area (Å²) in [7, 11) is 0. The van der Waals surface area contributed by atoms with E-state index in [0.29, 0.717) is 21.8 Å². The van der Waals surface area contributed by atoms with Crippen LogP contribution in [0.4, 0.5) is 18.9 Å². The zero-order chi connectivity index (χ0) is 14.2. The highest BCUT2D eigenvalue weighted by molar-refractivity contribution is 6.33. The molecule has 2 aromatic rings. The van der Waals surface area contributed by atoms with Gasteiger partial charge in [-0.1, -0.05) is 23.7 Å². The second kappa shape index (κ2) is 4.78. The molecule has 0 aliphatic heterocycles. The predicted molar refractivity (Wildman–Crippen MR) is 71.0 cm³/mol. The van der Waals surface area contributed by atoms with E-state index in [1.165, 1.54) is 6.07 Å². The third kappa shape index (κ3) is 2.84. The van der Waals surface area contributed by atoms with Gasteiger partial charge >= 0.3 is 6.18 Å². The highest BCUT2D eigenvalue weighted by Gasteiger charge is 2.30. The van der Waals surface area contributed by atoms with Crippen molar-refractivity contribution in [1.82, 2.24) is 0 Å². The molecule has 0 fully saturated rings. The highest BCUT2D eigenvalue weighted by Crippen LogP contribution is 2.34. The highest BCUT2D eigenvalue weighted by atomic mass is 35.5. The number of aryl methyl sites for hydroxylation is 1. The molecule has 0 amide bonds. The maximum absolute atomic E-state index is 12.6. The van der Waals surface area contributed by atoms with Crippen molar-refractivity contribution in [2.24, 2.45) is 0 Å². The Labute approximate surface area is 113 Å². The first-order chi connectivity index (χ1) is 8.79. The summed E-state index contributed by atoms with van der Waals surface area (Å²) in [5.41, 5.74) is 7.43. The van der Waals surface area contributed by atoms with Crippen LogP contribution in [0, 0.1) is 6.92 Å². The van der Waals surface area contributed by atoms with Crippen molar-refractivity contribution in [3.05, 3.63) is 52.5 Å². The molecule has 0 bridgehead atoms. The first kappa shape index (κ1) is 13.7. The average molecular weight is 286 g/mol. The van der Waals surface area contributed by atoms with Crippen LogP contribution in [0.1, 0.15) is 11.1 Å².